The van der Waals surface area contributed by atoms with Crippen LogP contribution in [0.5, 0.6) is 5.75 Å². The Morgan fingerprint density at radius 1 is 1.33 bits per heavy atom. The molecule has 4 heteroatoms. The third-order valence-electron chi connectivity index (χ3n) is 3.32. The Labute approximate surface area is 105 Å². The molecule has 1 aromatic rings. The summed E-state index contributed by atoms with van der Waals surface area (Å²) < 4.78 is 30.2. The topological polar surface area (TPSA) is 33.0 Å². The van der Waals surface area contributed by atoms with Crippen molar-refractivity contribution in [1.29, 1.82) is 5.26 Å². The largest absolute Gasteiger partial charge is 0.487 e. The molecular formula is C14H15F2NO. The molecular weight excluding hydrogens is 236 g/mol. The van der Waals surface area contributed by atoms with Gasteiger partial charge in [0.1, 0.15) is 5.75 Å². The van der Waals surface area contributed by atoms with Gasteiger partial charge in [-0.2, -0.15) is 5.26 Å². The summed E-state index contributed by atoms with van der Waals surface area (Å²) >= 11 is 0. The van der Waals surface area contributed by atoms with E-state index in [4.69, 9.17) is 4.74 Å². The van der Waals surface area contributed by atoms with Gasteiger partial charge in [0.05, 0.1) is 11.5 Å². The molecule has 0 saturated heterocycles. The normalized spacial score (nSPS) is 17.7. The zero-order valence-corrected chi connectivity index (χ0v) is 10.2. The minimum absolute atomic E-state index is 0.368. The molecule has 0 unspecified atom stereocenters. The molecule has 96 valence electrons. The quantitative estimate of drug-likeness (QED) is 0.818. The fraction of sp³-hybridized carbons (Fsp3) is 0.500. The highest BCUT2D eigenvalue weighted by molar-refractivity contribution is 5.38. The van der Waals surface area contributed by atoms with Gasteiger partial charge in [-0.15, -0.1) is 0 Å². The predicted octanol–water partition coefficient (Wildman–Crippen LogP) is 3.67. The molecule has 0 amide bonds. The van der Waals surface area contributed by atoms with Gasteiger partial charge in [-0.3, -0.25) is 0 Å². The van der Waals surface area contributed by atoms with Gasteiger partial charge in [0, 0.05) is 6.92 Å². The monoisotopic (exact) mass is 251 g/mol. The van der Waals surface area contributed by atoms with Crippen molar-refractivity contribution >= 4 is 0 Å². The molecule has 1 aromatic carbocycles. The van der Waals surface area contributed by atoms with Crippen LogP contribution >= 0.6 is 0 Å². The van der Waals surface area contributed by atoms with Crippen LogP contribution in [0.25, 0.3) is 0 Å². The third-order valence-corrected chi connectivity index (χ3v) is 3.32. The van der Waals surface area contributed by atoms with E-state index in [1.165, 1.54) is 0 Å². The van der Waals surface area contributed by atoms with Gasteiger partial charge in [-0.05, 0) is 37.0 Å². The van der Waals surface area contributed by atoms with Gasteiger partial charge in [0.25, 0.3) is 5.92 Å². The first-order valence-corrected chi connectivity index (χ1v) is 5.98. The van der Waals surface area contributed by atoms with Crippen molar-refractivity contribution < 1.29 is 13.5 Å². The summed E-state index contributed by atoms with van der Waals surface area (Å²) in [6.07, 6.45) is 2.81. The Morgan fingerprint density at radius 2 is 1.94 bits per heavy atom. The second-order valence-electron chi connectivity index (χ2n) is 4.93. The smallest absolute Gasteiger partial charge is 0.278 e. The number of hydrogen-bond acceptors (Lipinski definition) is 2. The molecule has 0 aromatic heterocycles. The molecule has 18 heavy (non-hydrogen) atoms. The molecule has 2 nitrogen and oxygen atoms in total. The number of benzene rings is 1. The first kappa shape index (κ1) is 12.8. The fourth-order valence-corrected chi connectivity index (χ4v) is 2.08. The van der Waals surface area contributed by atoms with E-state index >= 15 is 0 Å². The van der Waals surface area contributed by atoms with Crippen LogP contribution in [-0.4, -0.2) is 12.5 Å². The molecule has 1 saturated carbocycles. The highest BCUT2D eigenvalue weighted by Crippen LogP contribution is 2.43. The first-order chi connectivity index (χ1) is 8.45. The van der Waals surface area contributed by atoms with Gasteiger partial charge in [0.15, 0.2) is 6.61 Å². The lowest BCUT2D eigenvalue weighted by Gasteiger charge is -2.35. The van der Waals surface area contributed by atoms with Gasteiger partial charge < -0.3 is 4.74 Å². The Bertz CT molecular complexity index is 452. The molecule has 0 heterocycles. The SMILES string of the molecule is CC(F)(F)COc1ccc(C2(C#N)CCC2)cc1. The number of nitrogens with zero attached hydrogens (tertiary/aromatic N) is 1. The number of rotatable bonds is 4. The lowest BCUT2D eigenvalue weighted by Crippen LogP contribution is -2.32. The molecule has 1 aliphatic rings. The van der Waals surface area contributed by atoms with Gasteiger partial charge in [0.2, 0.25) is 0 Å². The number of halogens is 2. The maximum absolute atomic E-state index is 12.6. The summed E-state index contributed by atoms with van der Waals surface area (Å²) in [7, 11) is 0. The Kier molecular flexibility index (Phi) is 3.25. The van der Waals surface area contributed by atoms with E-state index in [2.05, 4.69) is 6.07 Å². The van der Waals surface area contributed by atoms with Crippen molar-refractivity contribution in [2.75, 3.05) is 6.61 Å². The molecule has 2 rings (SSSR count). The van der Waals surface area contributed by atoms with Crippen molar-refractivity contribution in [2.24, 2.45) is 0 Å². The van der Waals surface area contributed by atoms with E-state index in [-0.39, 0.29) is 5.41 Å². The van der Waals surface area contributed by atoms with Crippen molar-refractivity contribution in [3.63, 3.8) is 0 Å². The number of alkyl halides is 2. The number of hydrogen-bond donors (Lipinski definition) is 0. The van der Waals surface area contributed by atoms with E-state index in [1.54, 1.807) is 24.3 Å². The second kappa shape index (κ2) is 4.56. The van der Waals surface area contributed by atoms with Crippen LogP contribution in [0.1, 0.15) is 31.7 Å². The molecule has 0 radical (unpaired) electrons. The third kappa shape index (κ3) is 2.61. The van der Waals surface area contributed by atoms with E-state index in [9.17, 15) is 14.0 Å². The van der Waals surface area contributed by atoms with E-state index in [0.717, 1.165) is 31.7 Å². The van der Waals surface area contributed by atoms with Crippen LogP contribution in [0.2, 0.25) is 0 Å². The second-order valence-corrected chi connectivity index (χ2v) is 4.93. The van der Waals surface area contributed by atoms with Gasteiger partial charge in [-0.25, -0.2) is 8.78 Å². The predicted molar refractivity (Wildman–Crippen MR) is 63.7 cm³/mol. The minimum atomic E-state index is -2.83. The zero-order chi connectivity index (χ0) is 13.2. The lowest BCUT2D eigenvalue weighted by atomic mass is 9.65. The van der Waals surface area contributed by atoms with Gasteiger partial charge in [-0.1, -0.05) is 12.1 Å². The molecule has 0 bridgehead atoms. The standard InChI is InChI=1S/C14H15F2NO/c1-13(15,16)10-18-12-5-3-11(4-6-12)14(9-17)7-2-8-14/h3-6H,2,7-8,10H2,1H3. The lowest BCUT2D eigenvalue weighted by molar-refractivity contribution is -0.0229. The van der Waals surface area contributed by atoms with E-state index in [1.807, 2.05) is 0 Å². The van der Waals surface area contributed by atoms with Crippen molar-refractivity contribution in [2.45, 2.75) is 37.5 Å². The molecule has 0 spiro atoms. The van der Waals surface area contributed by atoms with Crippen LogP contribution < -0.4 is 4.74 Å². The molecule has 1 fully saturated rings. The number of ether oxygens (including phenoxy) is 1. The minimum Gasteiger partial charge on any atom is -0.487 e. The Hall–Kier alpha value is -1.63. The van der Waals surface area contributed by atoms with Gasteiger partial charge >= 0.3 is 0 Å². The Balaban J connectivity index is 2.04. The summed E-state index contributed by atoms with van der Waals surface area (Å²) in [4.78, 5) is 0. The van der Waals surface area contributed by atoms with Crippen molar-refractivity contribution in [3.05, 3.63) is 29.8 Å². The summed E-state index contributed by atoms with van der Waals surface area (Å²) in [5.74, 6) is -2.42. The highest BCUT2D eigenvalue weighted by Gasteiger charge is 2.38. The molecule has 0 atom stereocenters. The maximum Gasteiger partial charge on any atom is 0.278 e. The zero-order valence-electron chi connectivity index (χ0n) is 10.2. The molecule has 0 aliphatic heterocycles. The average molecular weight is 251 g/mol. The summed E-state index contributed by atoms with van der Waals surface area (Å²) in [5, 5.41) is 9.19. The van der Waals surface area contributed by atoms with Crippen molar-refractivity contribution in [1.82, 2.24) is 0 Å². The summed E-state index contributed by atoms with van der Waals surface area (Å²) in [6, 6.07) is 9.24. The van der Waals surface area contributed by atoms with E-state index in [0.29, 0.717) is 5.75 Å². The fourth-order valence-electron chi connectivity index (χ4n) is 2.08. The maximum atomic E-state index is 12.6. The molecule has 1 aliphatic carbocycles. The van der Waals surface area contributed by atoms with Crippen LogP contribution in [0.3, 0.4) is 0 Å². The average Bonchev–Trinajstić information content (AvgIpc) is 2.26. The number of nitriles is 1. The van der Waals surface area contributed by atoms with Crippen molar-refractivity contribution in [3.8, 4) is 11.8 Å². The summed E-state index contributed by atoms with van der Waals surface area (Å²) in [6.45, 7) is 0.191. The van der Waals surface area contributed by atoms with E-state index < -0.39 is 12.5 Å². The molecule has 0 N–H and O–H groups in total. The Morgan fingerprint density at radius 3 is 2.33 bits per heavy atom. The van der Waals surface area contributed by atoms with Crippen LogP contribution in [0.4, 0.5) is 8.78 Å². The van der Waals surface area contributed by atoms with Crippen LogP contribution in [0, 0.1) is 11.3 Å². The highest BCUT2D eigenvalue weighted by atomic mass is 19.3. The van der Waals surface area contributed by atoms with Crippen LogP contribution in [0.15, 0.2) is 24.3 Å². The summed E-state index contributed by atoms with van der Waals surface area (Å²) in [5.41, 5.74) is 0.583. The first-order valence-electron chi connectivity index (χ1n) is 5.98. The van der Waals surface area contributed by atoms with Crippen LogP contribution in [-0.2, 0) is 5.41 Å².